The van der Waals surface area contributed by atoms with E-state index in [1.165, 1.54) is 6.08 Å². The van der Waals surface area contributed by atoms with Crippen LogP contribution in [-0.2, 0) is 4.79 Å². The molecular weight excluding hydrogens is 244 g/mol. The maximum Gasteiger partial charge on any atom is 0.247 e. The minimum Gasteiger partial charge on any atom is -0.465 e. The van der Waals surface area contributed by atoms with E-state index in [0.717, 1.165) is 6.54 Å². The quantitative estimate of drug-likeness (QED) is 0.818. The van der Waals surface area contributed by atoms with Gasteiger partial charge in [0.2, 0.25) is 5.91 Å². The third-order valence-corrected chi connectivity index (χ3v) is 3.18. The summed E-state index contributed by atoms with van der Waals surface area (Å²) >= 11 is 0. The predicted molar refractivity (Wildman–Crippen MR) is 72.4 cm³/mol. The summed E-state index contributed by atoms with van der Waals surface area (Å²) in [6.07, 6.45) is 4.93. The van der Waals surface area contributed by atoms with Gasteiger partial charge in [0.15, 0.2) is 0 Å². The number of hydrogen-bond donors (Lipinski definition) is 1. The smallest absolute Gasteiger partial charge is 0.247 e. The molecular formula is C14H20N2O3. The van der Waals surface area contributed by atoms with Crippen LogP contribution in [0.2, 0.25) is 0 Å². The van der Waals surface area contributed by atoms with E-state index in [4.69, 9.17) is 4.42 Å². The molecule has 2 atom stereocenters. The lowest BCUT2D eigenvalue weighted by Gasteiger charge is -2.25. The van der Waals surface area contributed by atoms with Crippen LogP contribution in [0.1, 0.15) is 12.2 Å². The van der Waals surface area contributed by atoms with E-state index in [9.17, 15) is 9.90 Å². The van der Waals surface area contributed by atoms with Crippen LogP contribution < -0.4 is 0 Å². The lowest BCUT2D eigenvalue weighted by Crippen LogP contribution is -2.40. The van der Waals surface area contributed by atoms with Gasteiger partial charge in [0.1, 0.15) is 5.76 Å². The summed E-state index contributed by atoms with van der Waals surface area (Å²) in [5, 5.41) is 9.73. The van der Waals surface area contributed by atoms with Crippen molar-refractivity contribution in [2.24, 2.45) is 0 Å². The third kappa shape index (κ3) is 3.68. The standard InChI is InChI=1S/C14H20N2O3/c1-15(2)9-11-8-12(17)10-16(11)14(18)6-5-13-4-3-7-19-13/h3-7,11-12,17H,8-10H2,1-2H3. The molecule has 2 rings (SSSR count). The zero-order chi connectivity index (χ0) is 13.8. The molecule has 0 radical (unpaired) electrons. The van der Waals surface area contributed by atoms with Crippen LogP contribution in [0.15, 0.2) is 28.9 Å². The number of furan rings is 1. The number of carbonyl (C=O) groups is 1. The van der Waals surface area contributed by atoms with Gasteiger partial charge in [-0.05, 0) is 38.7 Å². The molecule has 1 amide bonds. The van der Waals surface area contributed by atoms with Crippen LogP contribution in [-0.4, -0.2) is 60.1 Å². The first-order chi connectivity index (χ1) is 9.06. The molecule has 1 aliphatic rings. The first-order valence-electron chi connectivity index (χ1n) is 6.41. The van der Waals surface area contributed by atoms with Crippen molar-refractivity contribution in [3.63, 3.8) is 0 Å². The Balaban J connectivity index is 2.00. The monoisotopic (exact) mass is 264 g/mol. The number of nitrogens with zero attached hydrogens (tertiary/aromatic N) is 2. The predicted octanol–water partition coefficient (Wildman–Crippen LogP) is 0.816. The van der Waals surface area contributed by atoms with Crippen molar-refractivity contribution in [2.75, 3.05) is 27.2 Å². The van der Waals surface area contributed by atoms with Crippen molar-refractivity contribution in [3.05, 3.63) is 30.2 Å². The molecule has 0 spiro atoms. The normalized spacial score (nSPS) is 23.7. The molecule has 5 heteroatoms. The highest BCUT2D eigenvalue weighted by atomic mass is 16.3. The number of likely N-dealkylation sites (N-methyl/N-ethyl adjacent to an activating group) is 1. The second-order valence-electron chi connectivity index (χ2n) is 5.14. The van der Waals surface area contributed by atoms with E-state index in [1.54, 1.807) is 29.4 Å². The summed E-state index contributed by atoms with van der Waals surface area (Å²) in [5.41, 5.74) is 0. The van der Waals surface area contributed by atoms with Gasteiger partial charge in [-0.2, -0.15) is 0 Å². The molecule has 2 unspecified atom stereocenters. The molecule has 19 heavy (non-hydrogen) atoms. The van der Waals surface area contributed by atoms with E-state index in [2.05, 4.69) is 0 Å². The third-order valence-electron chi connectivity index (χ3n) is 3.18. The van der Waals surface area contributed by atoms with Crippen molar-refractivity contribution in [2.45, 2.75) is 18.6 Å². The summed E-state index contributed by atoms with van der Waals surface area (Å²) in [4.78, 5) is 15.9. The Morgan fingerprint density at radius 3 is 3.05 bits per heavy atom. The molecule has 104 valence electrons. The van der Waals surface area contributed by atoms with Gasteiger partial charge in [-0.25, -0.2) is 0 Å². The van der Waals surface area contributed by atoms with Gasteiger partial charge in [0.25, 0.3) is 0 Å². The molecule has 0 aliphatic carbocycles. The summed E-state index contributed by atoms with van der Waals surface area (Å²) < 4.78 is 5.14. The van der Waals surface area contributed by atoms with Gasteiger partial charge in [-0.15, -0.1) is 0 Å². The second-order valence-corrected chi connectivity index (χ2v) is 5.14. The Labute approximate surface area is 113 Å². The highest BCUT2D eigenvalue weighted by Gasteiger charge is 2.33. The van der Waals surface area contributed by atoms with Crippen molar-refractivity contribution in [3.8, 4) is 0 Å². The molecule has 1 N–H and O–H groups in total. The fourth-order valence-electron chi connectivity index (χ4n) is 2.39. The number of aliphatic hydroxyl groups excluding tert-OH is 1. The van der Waals surface area contributed by atoms with E-state index >= 15 is 0 Å². The highest BCUT2D eigenvalue weighted by Crippen LogP contribution is 2.19. The largest absolute Gasteiger partial charge is 0.465 e. The number of carbonyl (C=O) groups excluding carboxylic acids is 1. The molecule has 1 fully saturated rings. The van der Waals surface area contributed by atoms with E-state index in [0.29, 0.717) is 18.7 Å². The molecule has 0 saturated carbocycles. The first-order valence-corrected chi connectivity index (χ1v) is 6.41. The Kier molecular flexibility index (Phi) is 4.39. The van der Waals surface area contributed by atoms with Crippen molar-refractivity contribution in [1.82, 2.24) is 9.80 Å². The number of likely N-dealkylation sites (tertiary alicyclic amines) is 1. The van der Waals surface area contributed by atoms with Crippen LogP contribution in [0.25, 0.3) is 6.08 Å². The summed E-state index contributed by atoms with van der Waals surface area (Å²) in [6.45, 7) is 1.16. The lowest BCUT2D eigenvalue weighted by molar-refractivity contribution is -0.127. The molecule has 0 bridgehead atoms. The topological polar surface area (TPSA) is 56.9 Å². The van der Waals surface area contributed by atoms with Gasteiger partial charge in [0.05, 0.1) is 12.4 Å². The maximum absolute atomic E-state index is 12.1. The number of β-amino-alcohol motifs (C(OH)–C–C–N with tert-alkyl or cyclic N) is 1. The fourth-order valence-corrected chi connectivity index (χ4v) is 2.39. The molecule has 0 aromatic carbocycles. The molecule has 1 saturated heterocycles. The fraction of sp³-hybridized carbons (Fsp3) is 0.500. The van der Waals surface area contributed by atoms with Crippen molar-refractivity contribution in [1.29, 1.82) is 0 Å². The molecule has 2 heterocycles. The van der Waals surface area contributed by atoms with Crippen LogP contribution in [0.3, 0.4) is 0 Å². The van der Waals surface area contributed by atoms with Crippen molar-refractivity contribution < 1.29 is 14.3 Å². The zero-order valence-electron chi connectivity index (χ0n) is 11.3. The lowest BCUT2D eigenvalue weighted by atomic mass is 10.2. The molecule has 5 nitrogen and oxygen atoms in total. The van der Waals surface area contributed by atoms with Crippen molar-refractivity contribution >= 4 is 12.0 Å². The summed E-state index contributed by atoms with van der Waals surface area (Å²) in [6, 6.07) is 3.64. The summed E-state index contributed by atoms with van der Waals surface area (Å²) in [7, 11) is 3.93. The van der Waals surface area contributed by atoms with Crippen LogP contribution in [0.5, 0.6) is 0 Å². The second kappa shape index (κ2) is 6.04. The molecule has 1 aromatic heterocycles. The Bertz CT molecular complexity index is 440. The van der Waals surface area contributed by atoms with Gasteiger partial charge in [-0.3, -0.25) is 4.79 Å². The molecule has 1 aliphatic heterocycles. The average Bonchev–Trinajstić information content (AvgIpc) is 2.95. The van der Waals surface area contributed by atoms with Crippen LogP contribution in [0, 0.1) is 0 Å². The van der Waals surface area contributed by atoms with Gasteiger partial charge in [-0.1, -0.05) is 0 Å². The number of rotatable bonds is 4. The SMILES string of the molecule is CN(C)CC1CC(O)CN1C(=O)C=Cc1ccco1. The van der Waals surface area contributed by atoms with Crippen LogP contribution >= 0.6 is 0 Å². The molecule has 1 aromatic rings. The number of hydrogen-bond acceptors (Lipinski definition) is 4. The maximum atomic E-state index is 12.1. The zero-order valence-corrected chi connectivity index (χ0v) is 11.3. The summed E-state index contributed by atoms with van der Waals surface area (Å²) in [5.74, 6) is 0.567. The first kappa shape index (κ1) is 13.8. The van der Waals surface area contributed by atoms with Gasteiger partial charge < -0.3 is 19.3 Å². The van der Waals surface area contributed by atoms with E-state index in [-0.39, 0.29) is 11.9 Å². The minimum absolute atomic E-state index is 0.0683. The Hall–Kier alpha value is -1.59. The number of aliphatic hydroxyl groups is 1. The van der Waals surface area contributed by atoms with E-state index in [1.807, 2.05) is 19.0 Å². The van der Waals surface area contributed by atoms with Gasteiger partial charge >= 0.3 is 0 Å². The Morgan fingerprint density at radius 2 is 2.42 bits per heavy atom. The minimum atomic E-state index is -0.425. The van der Waals surface area contributed by atoms with Gasteiger partial charge in [0, 0.05) is 25.2 Å². The Morgan fingerprint density at radius 1 is 1.63 bits per heavy atom. The number of amides is 1. The highest BCUT2D eigenvalue weighted by molar-refractivity contribution is 5.91. The van der Waals surface area contributed by atoms with E-state index < -0.39 is 6.10 Å². The average molecular weight is 264 g/mol. The van der Waals surface area contributed by atoms with Crippen LogP contribution in [0.4, 0.5) is 0 Å².